The summed E-state index contributed by atoms with van der Waals surface area (Å²) in [4.78, 5) is 2.31. The highest BCUT2D eigenvalue weighted by atomic mass is 16.3. The molecular formula is C66H44N2O. The second-order valence-electron chi connectivity index (χ2n) is 17.7. The first-order valence-corrected chi connectivity index (χ1v) is 23.6. The van der Waals surface area contributed by atoms with Crippen LogP contribution in [0.4, 0.5) is 17.1 Å². The molecule has 3 nitrogen and oxygen atoms in total. The van der Waals surface area contributed by atoms with Gasteiger partial charge in [0, 0.05) is 38.5 Å². The number of aromatic nitrogens is 1. The van der Waals surface area contributed by atoms with Crippen LogP contribution in [0.1, 0.15) is 0 Å². The van der Waals surface area contributed by atoms with Crippen LogP contribution in [0.5, 0.6) is 0 Å². The zero-order chi connectivity index (χ0) is 45.7. The molecule has 0 atom stereocenters. The van der Waals surface area contributed by atoms with E-state index in [4.69, 9.17) is 4.42 Å². The standard InChI is InChI=1S/C66H44N2O/c1-4-15-45(16-5-1)49-31-37-54(38-32-49)67(64-25-14-23-58-57-22-11-13-26-65(57)69-66(58)64)55-39-33-50(34-40-55)48-27-29-51(30-28-48)56-21-10-12-24-61(56)68-62-41-35-52(46-17-6-2-7-18-46)43-59(62)60-44-53(36-42-63(60)68)47-19-8-3-9-20-47/h1-44H. The third-order valence-corrected chi connectivity index (χ3v) is 13.6. The minimum Gasteiger partial charge on any atom is -0.454 e. The van der Waals surface area contributed by atoms with Crippen LogP contribution in [0.15, 0.2) is 271 Å². The van der Waals surface area contributed by atoms with E-state index in [1.807, 2.05) is 12.1 Å². The van der Waals surface area contributed by atoms with E-state index in [9.17, 15) is 0 Å². The molecule has 0 fully saturated rings. The Kier molecular flexibility index (Phi) is 9.84. The molecule has 0 aliphatic heterocycles. The molecule has 13 rings (SSSR count). The number of furan rings is 1. The fraction of sp³-hybridized carbons (Fsp3) is 0. The summed E-state index contributed by atoms with van der Waals surface area (Å²) >= 11 is 0. The fourth-order valence-corrected chi connectivity index (χ4v) is 10.2. The summed E-state index contributed by atoms with van der Waals surface area (Å²) in [7, 11) is 0. The highest BCUT2D eigenvalue weighted by Gasteiger charge is 2.21. The molecule has 0 unspecified atom stereocenters. The van der Waals surface area contributed by atoms with Gasteiger partial charge in [-0.2, -0.15) is 0 Å². The summed E-state index contributed by atoms with van der Waals surface area (Å²) in [6.45, 7) is 0. The van der Waals surface area contributed by atoms with Gasteiger partial charge in [0.05, 0.1) is 22.4 Å². The summed E-state index contributed by atoms with van der Waals surface area (Å²) in [6, 6.07) is 96.0. The largest absolute Gasteiger partial charge is 0.454 e. The van der Waals surface area contributed by atoms with Crippen LogP contribution in [0.25, 0.3) is 105 Å². The molecule has 0 bridgehead atoms. The Morgan fingerprint density at radius 3 is 1.28 bits per heavy atom. The molecule has 0 saturated carbocycles. The van der Waals surface area contributed by atoms with Gasteiger partial charge < -0.3 is 13.9 Å². The Morgan fingerprint density at radius 1 is 0.290 bits per heavy atom. The molecule has 3 heteroatoms. The van der Waals surface area contributed by atoms with Crippen molar-refractivity contribution in [2.24, 2.45) is 0 Å². The average Bonchev–Trinajstić information content (AvgIpc) is 3.98. The van der Waals surface area contributed by atoms with Crippen molar-refractivity contribution in [3.8, 4) is 61.3 Å². The van der Waals surface area contributed by atoms with Gasteiger partial charge in [-0.25, -0.2) is 0 Å². The van der Waals surface area contributed by atoms with E-state index < -0.39 is 0 Å². The summed E-state index contributed by atoms with van der Waals surface area (Å²) in [5, 5.41) is 4.67. The first-order valence-electron chi connectivity index (χ1n) is 23.6. The Bertz CT molecular complexity index is 3870. The molecule has 0 amide bonds. The van der Waals surface area contributed by atoms with E-state index in [1.165, 1.54) is 60.8 Å². The van der Waals surface area contributed by atoms with Crippen molar-refractivity contribution in [2.45, 2.75) is 0 Å². The first kappa shape index (κ1) is 40.1. The maximum absolute atomic E-state index is 6.61. The highest BCUT2D eigenvalue weighted by Crippen LogP contribution is 2.44. The van der Waals surface area contributed by atoms with E-state index in [2.05, 4.69) is 264 Å². The highest BCUT2D eigenvalue weighted by molar-refractivity contribution is 6.13. The van der Waals surface area contributed by atoms with Gasteiger partial charge >= 0.3 is 0 Å². The number of fused-ring (bicyclic) bond motifs is 6. The molecular weight excluding hydrogens is 837 g/mol. The van der Waals surface area contributed by atoms with E-state index in [0.29, 0.717) is 0 Å². The fourth-order valence-electron chi connectivity index (χ4n) is 10.2. The summed E-state index contributed by atoms with van der Waals surface area (Å²) in [5.74, 6) is 0. The normalized spacial score (nSPS) is 11.5. The van der Waals surface area contributed by atoms with Crippen LogP contribution in [-0.2, 0) is 0 Å². The predicted octanol–water partition coefficient (Wildman–Crippen LogP) is 18.5. The Labute approximate surface area is 401 Å². The van der Waals surface area contributed by atoms with Gasteiger partial charge in [0.25, 0.3) is 0 Å². The zero-order valence-electron chi connectivity index (χ0n) is 37.7. The lowest BCUT2D eigenvalue weighted by atomic mass is 9.98. The number of benzene rings is 11. The number of anilines is 3. The van der Waals surface area contributed by atoms with Crippen LogP contribution >= 0.6 is 0 Å². The summed E-state index contributed by atoms with van der Waals surface area (Å²) in [6.07, 6.45) is 0. The van der Waals surface area contributed by atoms with E-state index in [0.717, 1.165) is 61.4 Å². The molecule has 0 radical (unpaired) electrons. The molecule has 0 spiro atoms. The molecule has 0 aliphatic carbocycles. The van der Waals surface area contributed by atoms with Crippen LogP contribution in [-0.4, -0.2) is 4.57 Å². The molecule has 0 N–H and O–H groups in total. The predicted molar refractivity (Wildman–Crippen MR) is 290 cm³/mol. The Balaban J connectivity index is 0.870. The molecule has 13 aromatic rings. The maximum atomic E-state index is 6.61. The lowest BCUT2D eigenvalue weighted by Crippen LogP contribution is -2.10. The number of nitrogens with zero attached hydrogens (tertiary/aromatic N) is 2. The molecule has 0 saturated heterocycles. The maximum Gasteiger partial charge on any atom is 0.159 e. The van der Waals surface area contributed by atoms with Crippen molar-refractivity contribution in [1.82, 2.24) is 4.57 Å². The third-order valence-electron chi connectivity index (χ3n) is 13.6. The van der Waals surface area contributed by atoms with Gasteiger partial charge in [-0.3, -0.25) is 0 Å². The second kappa shape index (κ2) is 16.9. The third kappa shape index (κ3) is 7.16. The average molecular weight is 881 g/mol. The van der Waals surface area contributed by atoms with Crippen molar-refractivity contribution in [1.29, 1.82) is 0 Å². The number of hydrogen-bond donors (Lipinski definition) is 0. The monoisotopic (exact) mass is 880 g/mol. The SMILES string of the molecule is c1ccc(-c2ccc(N(c3ccc(-c4ccc(-c5ccccc5-n5c6ccc(-c7ccccc7)cc6c6cc(-c7ccccc7)ccc65)cc4)cc3)c3cccc4c3oc3ccccc34)cc2)cc1. The lowest BCUT2D eigenvalue weighted by molar-refractivity contribution is 0.669. The molecule has 324 valence electrons. The van der Waals surface area contributed by atoms with E-state index in [-0.39, 0.29) is 0 Å². The van der Waals surface area contributed by atoms with Crippen molar-refractivity contribution >= 4 is 60.8 Å². The molecule has 0 aliphatic rings. The van der Waals surface area contributed by atoms with Crippen LogP contribution in [0.2, 0.25) is 0 Å². The van der Waals surface area contributed by atoms with Crippen LogP contribution in [0, 0.1) is 0 Å². The summed E-state index contributed by atoms with van der Waals surface area (Å²) in [5.41, 5.74) is 20.1. The minimum absolute atomic E-state index is 0.862. The van der Waals surface area contributed by atoms with Crippen molar-refractivity contribution in [2.75, 3.05) is 4.90 Å². The Hall–Kier alpha value is -9.18. The van der Waals surface area contributed by atoms with Crippen molar-refractivity contribution < 1.29 is 4.42 Å². The number of para-hydroxylation sites is 3. The van der Waals surface area contributed by atoms with Crippen molar-refractivity contribution in [3.05, 3.63) is 267 Å². The molecule has 69 heavy (non-hydrogen) atoms. The van der Waals surface area contributed by atoms with Gasteiger partial charge in [0.2, 0.25) is 0 Å². The van der Waals surface area contributed by atoms with E-state index >= 15 is 0 Å². The molecule has 2 heterocycles. The summed E-state index contributed by atoms with van der Waals surface area (Å²) < 4.78 is 9.06. The Morgan fingerprint density at radius 2 is 0.710 bits per heavy atom. The lowest BCUT2D eigenvalue weighted by Gasteiger charge is -2.26. The minimum atomic E-state index is 0.862. The topological polar surface area (TPSA) is 21.3 Å². The number of hydrogen-bond acceptors (Lipinski definition) is 2. The van der Waals surface area contributed by atoms with E-state index in [1.54, 1.807) is 0 Å². The van der Waals surface area contributed by atoms with Crippen LogP contribution in [0.3, 0.4) is 0 Å². The smallest absolute Gasteiger partial charge is 0.159 e. The zero-order valence-corrected chi connectivity index (χ0v) is 37.7. The van der Waals surface area contributed by atoms with Gasteiger partial charge in [0.1, 0.15) is 5.58 Å². The van der Waals surface area contributed by atoms with Crippen LogP contribution < -0.4 is 4.90 Å². The van der Waals surface area contributed by atoms with Gasteiger partial charge in [0.15, 0.2) is 5.58 Å². The molecule has 11 aromatic carbocycles. The first-order chi connectivity index (χ1) is 34.2. The van der Waals surface area contributed by atoms with Gasteiger partial charge in [-0.15, -0.1) is 0 Å². The quantitative estimate of drug-likeness (QED) is 0.144. The van der Waals surface area contributed by atoms with Crippen molar-refractivity contribution in [3.63, 3.8) is 0 Å². The van der Waals surface area contributed by atoms with Gasteiger partial charge in [-0.1, -0.05) is 200 Å². The second-order valence-corrected chi connectivity index (χ2v) is 17.7. The number of rotatable bonds is 9. The molecule has 2 aromatic heterocycles. The van der Waals surface area contributed by atoms with Gasteiger partial charge in [-0.05, 0) is 117 Å².